The summed E-state index contributed by atoms with van der Waals surface area (Å²) in [5, 5.41) is 2.82. The highest BCUT2D eigenvalue weighted by molar-refractivity contribution is 5.58. The quantitative estimate of drug-likeness (QED) is 0.887. The van der Waals surface area contributed by atoms with E-state index in [0.29, 0.717) is 11.5 Å². The second kappa shape index (κ2) is 6.29. The Morgan fingerprint density at radius 2 is 2.14 bits per heavy atom. The van der Waals surface area contributed by atoms with Gasteiger partial charge in [0.05, 0.1) is 0 Å². The normalized spacial score (nSPS) is 10.7. The molecule has 0 saturated carbocycles. The lowest BCUT2D eigenvalue weighted by Crippen LogP contribution is -2.05. The van der Waals surface area contributed by atoms with Crippen LogP contribution in [0.3, 0.4) is 0 Å². The predicted molar refractivity (Wildman–Crippen MR) is 72.4 cm³/mol. The Morgan fingerprint density at radius 3 is 2.76 bits per heavy atom. The van der Waals surface area contributed by atoms with Gasteiger partial charge in [-0.2, -0.15) is 13.8 Å². The van der Waals surface area contributed by atoms with Gasteiger partial charge in [-0.05, 0) is 25.1 Å². The lowest BCUT2D eigenvalue weighted by molar-refractivity contribution is -0.0506. The molecule has 1 aromatic carbocycles. The molecule has 0 bridgehead atoms. The van der Waals surface area contributed by atoms with Crippen LogP contribution < -0.4 is 15.8 Å². The zero-order valence-corrected chi connectivity index (χ0v) is 11.1. The monoisotopic (exact) mass is 298 g/mol. The summed E-state index contributed by atoms with van der Waals surface area (Å²) in [6, 6.07) is 4.05. The molecular weight excluding hydrogens is 285 g/mol. The summed E-state index contributed by atoms with van der Waals surface area (Å²) in [7, 11) is 0. The minimum atomic E-state index is -3.01. The Bertz CT molecular complexity index is 637. The number of anilines is 3. The van der Waals surface area contributed by atoms with Gasteiger partial charge in [0, 0.05) is 23.0 Å². The van der Waals surface area contributed by atoms with Gasteiger partial charge in [0.1, 0.15) is 18.2 Å². The average Bonchev–Trinajstić information content (AvgIpc) is 2.44. The Balaban J connectivity index is 2.22. The summed E-state index contributed by atoms with van der Waals surface area (Å²) in [5.41, 5.74) is 6.82. The summed E-state index contributed by atoms with van der Waals surface area (Å²) in [5.74, 6) is 0.337. The first-order valence-corrected chi connectivity index (χ1v) is 5.99. The molecule has 112 valence electrons. The maximum Gasteiger partial charge on any atom is 0.387 e. The highest BCUT2D eigenvalue weighted by Gasteiger charge is 2.11. The van der Waals surface area contributed by atoms with Gasteiger partial charge in [-0.1, -0.05) is 0 Å². The van der Waals surface area contributed by atoms with Crippen molar-refractivity contribution in [3.63, 3.8) is 0 Å². The summed E-state index contributed by atoms with van der Waals surface area (Å²) < 4.78 is 41.4. The van der Waals surface area contributed by atoms with E-state index in [1.807, 2.05) is 0 Å². The van der Waals surface area contributed by atoms with Crippen LogP contribution in [-0.4, -0.2) is 16.6 Å². The molecule has 8 heteroatoms. The third kappa shape index (κ3) is 3.74. The number of nitrogens with two attached hydrogens (primary N) is 1. The van der Waals surface area contributed by atoms with Crippen molar-refractivity contribution in [2.24, 2.45) is 0 Å². The number of rotatable bonds is 5. The first kappa shape index (κ1) is 14.9. The van der Waals surface area contributed by atoms with Crippen LogP contribution in [0, 0.1) is 6.92 Å². The fourth-order valence-corrected chi connectivity index (χ4v) is 1.62. The summed E-state index contributed by atoms with van der Waals surface area (Å²) >= 11 is 0. The van der Waals surface area contributed by atoms with Crippen LogP contribution in [0.1, 0.15) is 11.1 Å². The molecule has 0 amide bonds. The van der Waals surface area contributed by atoms with Crippen molar-refractivity contribution in [2.75, 3.05) is 11.1 Å². The fourth-order valence-electron chi connectivity index (χ4n) is 1.62. The van der Waals surface area contributed by atoms with Gasteiger partial charge in [0.2, 0.25) is 5.95 Å². The SMILES string of the molecule is Cc1cnc(Nc2ccc(OC(F)F)c(CF)c2)nc1N. The van der Waals surface area contributed by atoms with Crippen molar-refractivity contribution >= 4 is 17.5 Å². The number of hydrogen-bond donors (Lipinski definition) is 2. The zero-order valence-electron chi connectivity index (χ0n) is 11.1. The number of ether oxygens (including phenoxy) is 1. The van der Waals surface area contributed by atoms with Gasteiger partial charge >= 0.3 is 6.61 Å². The van der Waals surface area contributed by atoms with Crippen LogP contribution in [0.4, 0.5) is 30.6 Å². The third-order valence-electron chi connectivity index (χ3n) is 2.69. The molecule has 0 aliphatic rings. The van der Waals surface area contributed by atoms with Crippen molar-refractivity contribution in [3.05, 3.63) is 35.5 Å². The molecule has 0 aliphatic carbocycles. The van der Waals surface area contributed by atoms with Crippen molar-refractivity contribution in [1.29, 1.82) is 0 Å². The molecular formula is C13H13F3N4O. The van der Waals surface area contributed by atoms with E-state index in [2.05, 4.69) is 20.0 Å². The smallest absolute Gasteiger partial charge is 0.387 e. The number of aromatic nitrogens is 2. The summed E-state index contributed by atoms with van der Waals surface area (Å²) in [6.45, 7) is -2.18. The maximum absolute atomic E-state index is 12.9. The first-order valence-electron chi connectivity index (χ1n) is 5.99. The van der Waals surface area contributed by atoms with E-state index >= 15 is 0 Å². The van der Waals surface area contributed by atoms with Crippen LogP contribution in [-0.2, 0) is 6.67 Å². The molecule has 1 aromatic heterocycles. The molecule has 5 nitrogen and oxygen atoms in total. The molecule has 3 N–H and O–H groups in total. The van der Waals surface area contributed by atoms with E-state index in [-0.39, 0.29) is 17.3 Å². The largest absolute Gasteiger partial charge is 0.434 e. The molecule has 0 aliphatic heterocycles. The molecule has 0 spiro atoms. The van der Waals surface area contributed by atoms with Crippen LogP contribution in [0.15, 0.2) is 24.4 Å². The van der Waals surface area contributed by atoms with E-state index in [0.717, 1.165) is 5.56 Å². The fraction of sp³-hybridized carbons (Fsp3) is 0.231. The number of hydrogen-bond acceptors (Lipinski definition) is 5. The lowest BCUT2D eigenvalue weighted by atomic mass is 10.2. The Labute approximate surface area is 119 Å². The minimum Gasteiger partial charge on any atom is -0.434 e. The van der Waals surface area contributed by atoms with Gasteiger partial charge in [-0.3, -0.25) is 0 Å². The molecule has 0 fully saturated rings. The first-order chi connectivity index (χ1) is 9.99. The Kier molecular flexibility index (Phi) is 4.46. The van der Waals surface area contributed by atoms with E-state index in [4.69, 9.17) is 5.73 Å². The van der Waals surface area contributed by atoms with Gasteiger partial charge in [-0.25, -0.2) is 9.37 Å². The number of alkyl halides is 3. The van der Waals surface area contributed by atoms with Crippen LogP contribution >= 0.6 is 0 Å². The van der Waals surface area contributed by atoms with E-state index in [9.17, 15) is 13.2 Å². The molecule has 1 heterocycles. The van der Waals surface area contributed by atoms with E-state index < -0.39 is 13.3 Å². The third-order valence-corrected chi connectivity index (χ3v) is 2.69. The Hall–Kier alpha value is -2.51. The molecule has 21 heavy (non-hydrogen) atoms. The highest BCUT2D eigenvalue weighted by atomic mass is 19.3. The Morgan fingerprint density at radius 1 is 1.38 bits per heavy atom. The number of nitrogens with one attached hydrogen (secondary N) is 1. The molecule has 0 unspecified atom stereocenters. The molecule has 0 atom stereocenters. The van der Waals surface area contributed by atoms with Crippen LogP contribution in [0.2, 0.25) is 0 Å². The van der Waals surface area contributed by atoms with Gasteiger partial charge < -0.3 is 15.8 Å². The van der Waals surface area contributed by atoms with Crippen LogP contribution in [0.25, 0.3) is 0 Å². The van der Waals surface area contributed by atoms with E-state index in [1.54, 1.807) is 6.92 Å². The summed E-state index contributed by atoms with van der Waals surface area (Å²) in [6.07, 6.45) is 1.54. The van der Waals surface area contributed by atoms with Gasteiger partial charge in [-0.15, -0.1) is 0 Å². The molecule has 0 saturated heterocycles. The molecule has 0 radical (unpaired) electrons. The standard InChI is InChI=1S/C13H13F3N4O/c1-7-6-18-13(20-11(7)17)19-9-2-3-10(21-12(15)16)8(4-9)5-14/h2-4,6,12H,5H2,1H3,(H3,17,18,19,20). The number of benzene rings is 1. The van der Waals surface area contributed by atoms with Crippen molar-refractivity contribution in [3.8, 4) is 5.75 Å². The van der Waals surface area contributed by atoms with Crippen molar-refractivity contribution < 1.29 is 17.9 Å². The molecule has 2 rings (SSSR count). The highest BCUT2D eigenvalue weighted by Crippen LogP contribution is 2.26. The lowest BCUT2D eigenvalue weighted by Gasteiger charge is -2.11. The number of halogens is 3. The molecule has 2 aromatic rings. The van der Waals surface area contributed by atoms with Crippen LogP contribution in [0.5, 0.6) is 5.75 Å². The maximum atomic E-state index is 12.9. The number of nitrogen functional groups attached to an aromatic ring is 1. The predicted octanol–water partition coefficient (Wildman–Crippen LogP) is 3.18. The second-order valence-corrected chi connectivity index (χ2v) is 4.22. The van der Waals surface area contributed by atoms with Crippen molar-refractivity contribution in [2.45, 2.75) is 20.2 Å². The minimum absolute atomic E-state index is 0.000355. The second-order valence-electron chi connectivity index (χ2n) is 4.22. The summed E-state index contributed by atoms with van der Waals surface area (Å²) in [4.78, 5) is 8.02. The number of nitrogens with zero attached hydrogens (tertiary/aromatic N) is 2. The average molecular weight is 298 g/mol. The van der Waals surface area contributed by atoms with Gasteiger partial charge in [0.15, 0.2) is 0 Å². The topological polar surface area (TPSA) is 73.1 Å². The zero-order chi connectivity index (χ0) is 15.4. The van der Waals surface area contributed by atoms with Crippen molar-refractivity contribution in [1.82, 2.24) is 9.97 Å². The number of aryl methyl sites for hydroxylation is 1. The van der Waals surface area contributed by atoms with E-state index in [1.165, 1.54) is 24.4 Å². The van der Waals surface area contributed by atoms with Gasteiger partial charge in [0.25, 0.3) is 0 Å².